The maximum Gasteiger partial charge on any atom is 0.348 e. The zero-order valence-corrected chi connectivity index (χ0v) is 12.6. The molecule has 0 bridgehead atoms. The lowest BCUT2D eigenvalue weighted by molar-refractivity contribution is -0.136. The predicted octanol–water partition coefficient (Wildman–Crippen LogP) is 0.751. The van der Waals surface area contributed by atoms with E-state index in [9.17, 15) is 9.59 Å². The molecular formula is C15H15N5O3. The van der Waals surface area contributed by atoms with E-state index in [0.29, 0.717) is 22.7 Å². The first-order valence-corrected chi connectivity index (χ1v) is 6.88. The van der Waals surface area contributed by atoms with E-state index in [1.807, 2.05) is 6.07 Å². The van der Waals surface area contributed by atoms with E-state index in [1.165, 1.54) is 7.11 Å². The van der Waals surface area contributed by atoms with Gasteiger partial charge in [-0.05, 0) is 18.6 Å². The zero-order valence-electron chi connectivity index (χ0n) is 12.6. The van der Waals surface area contributed by atoms with Crippen LogP contribution in [-0.4, -0.2) is 28.0 Å². The molecule has 3 heterocycles. The molecule has 3 rings (SSSR count). The van der Waals surface area contributed by atoms with Gasteiger partial charge in [-0.2, -0.15) is 4.98 Å². The van der Waals surface area contributed by atoms with E-state index in [-0.39, 0.29) is 5.82 Å². The van der Waals surface area contributed by atoms with Gasteiger partial charge in [0.15, 0.2) is 0 Å². The molecule has 1 aliphatic heterocycles. The second-order valence-corrected chi connectivity index (χ2v) is 5.09. The molecule has 0 aliphatic carbocycles. The van der Waals surface area contributed by atoms with Crippen molar-refractivity contribution >= 4 is 17.6 Å². The average molecular weight is 313 g/mol. The molecule has 0 aromatic carbocycles. The molecule has 0 saturated heterocycles. The Morgan fingerprint density at radius 1 is 1.43 bits per heavy atom. The van der Waals surface area contributed by atoms with Crippen LogP contribution in [0.2, 0.25) is 0 Å². The maximum atomic E-state index is 12.3. The molecule has 0 fully saturated rings. The smallest absolute Gasteiger partial charge is 0.348 e. The summed E-state index contributed by atoms with van der Waals surface area (Å²) in [5, 5.41) is 2.95. The third-order valence-corrected chi connectivity index (χ3v) is 3.71. The van der Waals surface area contributed by atoms with E-state index < -0.39 is 17.6 Å². The Bertz CT molecular complexity index is 857. The van der Waals surface area contributed by atoms with Crippen molar-refractivity contribution in [2.75, 3.05) is 18.2 Å². The summed E-state index contributed by atoms with van der Waals surface area (Å²) in [6.07, 6.45) is 3.27. The van der Waals surface area contributed by atoms with E-state index in [1.54, 1.807) is 25.4 Å². The summed E-state index contributed by atoms with van der Waals surface area (Å²) in [6, 6.07) is 3.59. The molecule has 2 aromatic heterocycles. The lowest BCUT2D eigenvalue weighted by Gasteiger charge is -2.29. The molecule has 23 heavy (non-hydrogen) atoms. The van der Waals surface area contributed by atoms with Gasteiger partial charge in [-0.15, -0.1) is 0 Å². The molecule has 8 heteroatoms. The van der Waals surface area contributed by atoms with Crippen molar-refractivity contribution in [3.8, 4) is 0 Å². The van der Waals surface area contributed by atoms with Gasteiger partial charge in [0.2, 0.25) is 0 Å². The number of aromatic nitrogens is 3. The molecule has 1 aliphatic rings. The molecule has 4 N–H and O–H groups in total. The van der Waals surface area contributed by atoms with E-state index >= 15 is 0 Å². The monoisotopic (exact) mass is 313 g/mol. The molecule has 1 atom stereocenters. The Morgan fingerprint density at radius 2 is 2.22 bits per heavy atom. The number of nitrogen functional groups attached to an aromatic ring is 1. The maximum absolute atomic E-state index is 12.3. The van der Waals surface area contributed by atoms with Gasteiger partial charge >= 0.3 is 11.7 Å². The minimum absolute atomic E-state index is 0.148. The van der Waals surface area contributed by atoms with Crippen LogP contribution in [0.25, 0.3) is 0 Å². The third kappa shape index (κ3) is 2.44. The average Bonchev–Trinajstić information content (AvgIpc) is 2.53. The van der Waals surface area contributed by atoms with Gasteiger partial charge in [-0.25, -0.2) is 9.59 Å². The van der Waals surface area contributed by atoms with Crippen LogP contribution >= 0.6 is 0 Å². The standard InChI is InChI=1S/C15H15N5O3/c1-7-9(14(21)23-2)10(8-4-3-5-17-6-8)11-12(16)19-15(22)20-13(11)18-7/h3-6,10H,1-2H3,(H4,16,18,19,20,22). The van der Waals surface area contributed by atoms with Gasteiger partial charge in [0.25, 0.3) is 0 Å². The summed E-state index contributed by atoms with van der Waals surface area (Å²) in [7, 11) is 1.31. The highest BCUT2D eigenvalue weighted by molar-refractivity contribution is 5.95. The number of carbonyl (C=O) groups excluding carboxylic acids is 1. The van der Waals surface area contributed by atoms with Crippen molar-refractivity contribution in [3.05, 3.63) is 57.4 Å². The predicted molar refractivity (Wildman–Crippen MR) is 83.7 cm³/mol. The van der Waals surface area contributed by atoms with Gasteiger partial charge in [-0.3, -0.25) is 9.97 Å². The minimum atomic E-state index is -0.562. The number of hydrogen-bond donors (Lipinski definition) is 3. The fraction of sp³-hybridized carbons (Fsp3) is 0.200. The summed E-state index contributed by atoms with van der Waals surface area (Å²) < 4.78 is 4.90. The number of anilines is 2. The van der Waals surface area contributed by atoms with Crippen LogP contribution < -0.4 is 16.7 Å². The highest BCUT2D eigenvalue weighted by Gasteiger charge is 2.35. The highest BCUT2D eigenvalue weighted by atomic mass is 16.5. The number of fused-ring (bicyclic) bond motifs is 1. The third-order valence-electron chi connectivity index (χ3n) is 3.71. The molecule has 0 amide bonds. The number of H-pyrrole nitrogens is 1. The van der Waals surface area contributed by atoms with Gasteiger partial charge < -0.3 is 15.8 Å². The van der Waals surface area contributed by atoms with Crippen LogP contribution in [-0.2, 0) is 9.53 Å². The summed E-state index contributed by atoms with van der Waals surface area (Å²) in [5.74, 6) is -0.544. The minimum Gasteiger partial charge on any atom is -0.466 e. The number of esters is 1. The fourth-order valence-electron chi connectivity index (χ4n) is 2.75. The van der Waals surface area contributed by atoms with Gasteiger partial charge in [0, 0.05) is 23.7 Å². The Kier molecular flexibility index (Phi) is 3.57. The molecular weight excluding hydrogens is 298 g/mol. The summed E-state index contributed by atoms with van der Waals surface area (Å²) in [4.78, 5) is 34.3. The number of nitrogens with two attached hydrogens (primary N) is 1. The molecule has 118 valence electrons. The van der Waals surface area contributed by atoms with E-state index in [4.69, 9.17) is 10.5 Å². The number of methoxy groups -OCH3 is 1. The SMILES string of the molecule is COC(=O)C1=C(C)Nc2nc(=O)[nH]c(N)c2C1c1cccnc1. The fourth-order valence-corrected chi connectivity index (χ4v) is 2.75. The first-order chi connectivity index (χ1) is 11.0. The second kappa shape index (κ2) is 5.56. The normalized spacial score (nSPS) is 16.5. The van der Waals surface area contributed by atoms with Crippen LogP contribution in [0.3, 0.4) is 0 Å². The highest BCUT2D eigenvalue weighted by Crippen LogP contribution is 2.42. The Balaban J connectivity index is 2.30. The number of carbonyl (C=O) groups is 1. The summed E-state index contributed by atoms with van der Waals surface area (Å²) in [5.41, 5.74) is 7.64. The number of hydrogen-bond acceptors (Lipinski definition) is 7. The number of rotatable bonds is 2. The van der Waals surface area contributed by atoms with Gasteiger partial charge in [0.05, 0.1) is 18.6 Å². The number of allylic oxidation sites excluding steroid dienone is 1. The van der Waals surface area contributed by atoms with Crippen LogP contribution in [0.15, 0.2) is 40.6 Å². The Labute approximate surface area is 131 Å². The second-order valence-electron chi connectivity index (χ2n) is 5.09. The topological polar surface area (TPSA) is 123 Å². The molecule has 2 aromatic rings. The Hall–Kier alpha value is -3.16. The lowest BCUT2D eigenvalue weighted by Crippen LogP contribution is -2.28. The van der Waals surface area contributed by atoms with Crippen molar-refractivity contribution in [2.24, 2.45) is 0 Å². The van der Waals surface area contributed by atoms with Crippen molar-refractivity contribution in [3.63, 3.8) is 0 Å². The van der Waals surface area contributed by atoms with Crippen molar-refractivity contribution in [1.82, 2.24) is 15.0 Å². The molecule has 0 spiro atoms. The number of pyridine rings is 1. The van der Waals surface area contributed by atoms with Crippen LogP contribution in [0.1, 0.15) is 24.0 Å². The Morgan fingerprint density at radius 3 is 2.87 bits per heavy atom. The van der Waals surface area contributed by atoms with Crippen LogP contribution in [0.5, 0.6) is 0 Å². The van der Waals surface area contributed by atoms with E-state index in [2.05, 4.69) is 20.3 Å². The van der Waals surface area contributed by atoms with E-state index in [0.717, 1.165) is 5.56 Å². The summed E-state index contributed by atoms with van der Waals surface area (Å²) in [6.45, 7) is 1.72. The quantitative estimate of drug-likeness (QED) is 0.699. The first kappa shape index (κ1) is 14.8. The van der Waals surface area contributed by atoms with Crippen molar-refractivity contribution < 1.29 is 9.53 Å². The zero-order chi connectivity index (χ0) is 16.6. The largest absolute Gasteiger partial charge is 0.466 e. The number of nitrogens with one attached hydrogen (secondary N) is 2. The van der Waals surface area contributed by atoms with Crippen LogP contribution in [0.4, 0.5) is 11.6 Å². The van der Waals surface area contributed by atoms with Gasteiger partial charge in [-0.1, -0.05) is 6.07 Å². The number of nitrogens with zero attached hydrogens (tertiary/aromatic N) is 2. The van der Waals surface area contributed by atoms with Crippen LogP contribution in [0, 0.1) is 0 Å². The molecule has 0 radical (unpaired) electrons. The van der Waals surface area contributed by atoms with Gasteiger partial charge in [0.1, 0.15) is 11.6 Å². The molecule has 1 unspecified atom stereocenters. The molecule has 0 saturated carbocycles. The summed E-state index contributed by atoms with van der Waals surface area (Å²) >= 11 is 0. The van der Waals surface area contributed by atoms with Crippen molar-refractivity contribution in [1.29, 1.82) is 0 Å². The lowest BCUT2D eigenvalue weighted by atomic mass is 9.82. The first-order valence-electron chi connectivity index (χ1n) is 6.88. The number of aromatic amines is 1. The number of ether oxygens (including phenoxy) is 1. The molecule has 8 nitrogen and oxygen atoms in total. The van der Waals surface area contributed by atoms with Crippen molar-refractivity contribution in [2.45, 2.75) is 12.8 Å².